The van der Waals surface area contributed by atoms with E-state index in [2.05, 4.69) is 16.8 Å². The first-order valence-corrected chi connectivity index (χ1v) is 5.67. The fourth-order valence-electron chi connectivity index (χ4n) is 2.33. The molecule has 16 heavy (non-hydrogen) atoms. The maximum Gasteiger partial charge on any atom is 0.246 e. The monoisotopic (exact) mass is 219 g/mol. The number of rotatable bonds is 2. The van der Waals surface area contributed by atoms with Crippen LogP contribution in [0.4, 0.5) is 0 Å². The standard InChI is InChI=1S/C12H17N3O/c1-3-12(16)15-7-5-4-6-11(15)10-8-13-14-9(10)2/h3,8,11H,1,4-7H2,2H3,(H,13,14). The molecule has 1 aromatic rings. The van der Waals surface area contributed by atoms with E-state index in [0.717, 1.165) is 37.1 Å². The number of nitrogens with one attached hydrogen (secondary N) is 1. The third-order valence-electron chi connectivity index (χ3n) is 3.19. The smallest absolute Gasteiger partial charge is 0.246 e. The van der Waals surface area contributed by atoms with E-state index < -0.39 is 0 Å². The number of carbonyl (C=O) groups excluding carboxylic acids is 1. The maximum atomic E-state index is 11.8. The molecule has 0 aliphatic carbocycles. The lowest BCUT2D eigenvalue weighted by atomic mass is 9.95. The molecule has 4 nitrogen and oxygen atoms in total. The summed E-state index contributed by atoms with van der Waals surface area (Å²) in [5.41, 5.74) is 2.18. The molecule has 0 bridgehead atoms. The minimum atomic E-state index is 0.0188. The average molecular weight is 219 g/mol. The Hall–Kier alpha value is -1.58. The summed E-state index contributed by atoms with van der Waals surface area (Å²) in [5, 5.41) is 6.96. The third kappa shape index (κ3) is 1.87. The number of amides is 1. The zero-order valence-corrected chi connectivity index (χ0v) is 9.57. The normalized spacial score (nSPS) is 20.8. The molecule has 1 N–H and O–H groups in total. The van der Waals surface area contributed by atoms with Gasteiger partial charge in [0, 0.05) is 17.8 Å². The van der Waals surface area contributed by atoms with E-state index in [4.69, 9.17) is 0 Å². The lowest BCUT2D eigenvalue weighted by Gasteiger charge is -2.35. The Bertz CT molecular complexity index is 397. The molecule has 1 aliphatic rings. The number of hydrogen-bond donors (Lipinski definition) is 1. The Kier molecular flexibility index (Phi) is 3.08. The molecule has 1 aromatic heterocycles. The summed E-state index contributed by atoms with van der Waals surface area (Å²) >= 11 is 0. The van der Waals surface area contributed by atoms with Crippen molar-refractivity contribution < 1.29 is 4.79 Å². The van der Waals surface area contributed by atoms with Crippen molar-refractivity contribution in [1.82, 2.24) is 15.1 Å². The van der Waals surface area contributed by atoms with Gasteiger partial charge in [-0.3, -0.25) is 9.89 Å². The second-order valence-corrected chi connectivity index (χ2v) is 4.20. The van der Waals surface area contributed by atoms with Gasteiger partial charge in [-0.05, 0) is 32.3 Å². The van der Waals surface area contributed by atoms with Crippen LogP contribution in [0.25, 0.3) is 0 Å². The molecule has 0 saturated carbocycles. The molecular formula is C12H17N3O. The minimum absolute atomic E-state index is 0.0188. The van der Waals surface area contributed by atoms with Crippen molar-refractivity contribution in [2.24, 2.45) is 0 Å². The second-order valence-electron chi connectivity index (χ2n) is 4.20. The molecule has 1 amide bonds. The topological polar surface area (TPSA) is 49.0 Å². The van der Waals surface area contributed by atoms with Gasteiger partial charge in [-0.15, -0.1) is 0 Å². The lowest BCUT2D eigenvalue weighted by Crippen LogP contribution is -2.37. The predicted octanol–water partition coefficient (Wildman–Crippen LogP) is 1.96. The predicted molar refractivity (Wildman–Crippen MR) is 61.8 cm³/mol. The lowest BCUT2D eigenvalue weighted by molar-refractivity contribution is -0.129. The first-order chi connectivity index (χ1) is 7.74. The first-order valence-electron chi connectivity index (χ1n) is 5.67. The molecule has 2 rings (SSSR count). The van der Waals surface area contributed by atoms with Gasteiger partial charge < -0.3 is 4.90 Å². The number of likely N-dealkylation sites (tertiary alicyclic amines) is 1. The Balaban J connectivity index is 2.26. The van der Waals surface area contributed by atoms with Crippen LogP contribution in [0.5, 0.6) is 0 Å². The Morgan fingerprint density at radius 3 is 3.12 bits per heavy atom. The number of nitrogens with zero attached hydrogens (tertiary/aromatic N) is 2. The van der Waals surface area contributed by atoms with Crippen LogP contribution in [0.15, 0.2) is 18.9 Å². The van der Waals surface area contributed by atoms with E-state index in [1.807, 2.05) is 18.0 Å². The van der Waals surface area contributed by atoms with Crippen molar-refractivity contribution in [3.8, 4) is 0 Å². The molecule has 1 aliphatic heterocycles. The van der Waals surface area contributed by atoms with Gasteiger partial charge in [0.25, 0.3) is 0 Å². The van der Waals surface area contributed by atoms with Gasteiger partial charge in [0.15, 0.2) is 0 Å². The molecule has 1 unspecified atom stereocenters. The molecule has 0 aromatic carbocycles. The van der Waals surface area contributed by atoms with Gasteiger partial charge in [0.2, 0.25) is 5.91 Å². The molecule has 4 heteroatoms. The fourth-order valence-corrected chi connectivity index (χ4v) is 2.33. The Morgan fingerprint density at radius 1 is 1.69 bits per heavy atom. The molecule has 1 fully saturated rings. The molecule has 2 heterocycles. The number of H-pyrrole nitrogens is 1. The van der Waals surface area contributed by atoms with Crippen LogP contribution in [-0.4, -0.2) is 27.5 Å². The summed E-state index contributed by atoms with van der Waals surface area (Å²) in [6, 6.07) is 0.165. The average Bonchev–Trinajstić information content (AvgIpc) is 2.74. The molecule has 1 atom stereocenters. The quantitative estimate of drug-likeness (QED) is 0.773. The zero-order valence-electron chi connectivity index (χ0n) is 9.57. The van der Waals surface area contributed by atoms with Crippen LogP contribution in [-0.2, 0) is 4.79 Å². The summed E-state index contributed by atoms with van der Waals surface area (Å²) in [4.78, 5) is 13.7. The number of aromatic amines is 1. The van der Waals surface area contributed by atoms with Crippen LogP contribution in [0.2, 0.25) is 0 Å². The molecular weight excluding hydrogens is 202 g/mol. The Morgan fingerprint density at radius 2 is 2.50 bits per heavy atom. The Labute approximate surface area is 95.3 Å². The molecule has 0 radical (unpaired) electrons. The first kappa shape index (κ1) is 10.9. The van der Waals surface area contributed by atoms with Gasteiger partial charge in [-0.1, -0.05) is 6.58 Å². The fraction of sp³-hybridized carbons (Fsp3) is 0.500. The highest BCUT2D eigenvalue weighted by molar-refractivity contribution is 5.87. The van der Waals surface area contributed by atoms with E-state index in [-0.39, 0.29) is 11.9 Å². The minimum Gasteiger partial charge on any atom is -0.332 e. The van der Waals surface area contributed by atoms with Gasteiger partial charge in [0.05, 0.1) is 12.2 Å². The van der Waals surface area contributed by atoms with Crippen molar-refractivity contribution in [1.29, 1.82) is 0 Å². The van der Waals surface area contributed by atoms with Crippen molar-refractivity contribution in [2.45, 2.75) is 32.2 Å². The number of aryl methyl sites for hydroxylation is 1. The summed E-state index contributed by atoms with van der Waals surface area (Å²) < 4.78 is 0. The van der Waals surface area contributed by atoms with Crippen LogP contribution in [0.3, 0.4) is 0 Å². The van der Waals surface area contributed by atoms with Crippen molar-refractivity contribution in [3.05, 3.63) is 30.1 Å². The van der Waals surface area contributed by atoms with Crippen molar-refractivity contribution >= 4 is 5.91 Å². The van der Waals surface area contributed by atoms with E-state index in [0.29, 0.717) is 0 Å². The number of aromatic nitrogens is 2. The molecule has 86 valence electrons. The number of piperidine rings is 1. The highest BCUT2D eigenvalue weighted by Gasteiger charge is 2.28. The largest absolute Gasteiger partial charge is 0.332 e. The van der Waals surface area contributed by atoms with Crippen LogP contribution >= 0.6 is 0 Å². The number of hydrogen-bond acceptors (Lipinski definition) is 2. The second kappa shape index (κ2) is 4.51. The number of carbonyl (C=O) groups is 1. The van der Waals surface area contributed by atoms with Crippen LogP contribution in [0, 0.1) is 6.92 Å². The van der Waals surface area contributed by atoms with Crippen LogP contribution < -0.4 is 0 Å². The third-order valence-corrected chi connectivity index (χ3v) is 3.19. The van der Waals surface area contributed by atoms with E-state index in [1.165, 1.54) is 6.08 Å². The van der Waals surface area contributed by atoms with E-state index in [1.54, 1.807) is 0 Å². The van der Waals surface area contributed by atoms with Crippen molar-refractivity contribution in [3.63, 3.8) is 0 Å². The summed E-state index contributed by atoms with van der Waals surface area (Å²) in [6.45, 7) is 6.37. The SMILES string of the molecule is C=CC(=O)N1CCCCC1c1cn[nH]c1C. The van der Waals surface area contributed by atoms with Gasteiger partial charge in [-0.25, -0.2) is 0 Å². The summed E-state index contributed by atoms with van der Waals surface area (Å²) in [6.07, 6.45) is 6.48. The van der Waals surface area contributed by atoms with Gasteiger partial charge in [0.1, 0.15) is 0 Å². The van der Waals surface area contributed by atoms with Crippen LogP contribution in [0.1, 0.15) is 36.6 Å². The molecule has 1 saturated heterocycles. The van der Waals surface area contributed by atoms with Gasteiger partial charge >= 0.3 is 0 Å². The maximum absolute atomic E-state index is 11.8. The highest BCUT2D eigenvalue weighted by atomic mass is 16.2. The van der Waals surface area contributed by atoms with E-state index >= 15 is 0 Å². The summed E-state index contributed by atoms with van der Waals surface area (Å²) in [7, 11) is 0. The molecule has 0 spiro atoms. The summed E-state index contributed by atoms with van der Waals surface area (Å²) in [5.74, 6) is 0.0188. The van der Waals surface area contributed by atoms with E-state index in [9.17, 15) is 4.79 Å². The highest BCUT2D eigenvalue weighted by Crippen LogP contribution is 2.31. The zero-order chi connectivity index (χ0) is 11.5. The van der Waals surface area contributed by atoms with Crippen molar-refractivity contribution in [2.75, 3.05) is 6.54 Å². The van der Waals surface area contributed by atoms with Gasteiger partial charge in [-0.2, -0.15) is 5.10 Å².